The Balaban J connectivity index is 1.61. The molecule has 156 valence electrons. The highest BCUT2D eigenvalue weighted by molar-refractivity contribution is 5.92. The fourth-order valence-corrected chi connectivity index (χ4v) is 4.00. The molecule has 0 saturated heterocycles. The standard InChI is InChI=1S/C24H32N2O3/c1-5-17-8-7-9-18(6-2)24(17)25-23(27)11-13-26-12-10-19-14-21(28-3)22(29-4)15-20(19)16-26/h7-9,14-15H,5-6,10-13,16H2,1-4H3,(H,25,27). The molecule has 1 heterocycles. The number of carbonyl (C=O) groups excluding carboxylic acids is 1. The number of fused-ring (bicyclic) bond motifs is 1. The molecular weight excluding hydrogens is 364 g/mol. The summed E-state index contributed by atoms with van der Waals surface area (Å²) in [6, 6.07) is 10.4. The number of methoxy groups -OCH3 is 2. The second kappa shape index (κ2) is 9.79. The number of carbonyl (C=O) groups is 1. The van der Waals surface area contributed by atoms with Gasteiger partial charge in [0.15, 0.2) is 11.5 Å². The van der Waals surface area contributed by atoms with Crippen LogP contribution in [0, 0.1) is 0 Å². The Kier molecular flexibility index (Phi) is 7.15. The lowest BCUT2D eigenvalue weighted by atomic mass is 9.98. The molecule has 1 amide bonds. The molecule has 0 bridgehead atoms. The highest BCUT2D eigenvalue weighted by atomic mass is 16.5. The Morgan fingerprint density at radius 2 is 1.66 bits per heavy atom. The van der Waals surface area contributed by atoms with Gasteiger partial charge in [-0.1, -0.05) is 32.0 Å². The van der Waals surface area contributed by atoms with Crippen LogP contribution in [0.5, 0.6) is 11.5 Å². The van der Waals surface area contributed by atoms with Gasteiger partial charge in [-0.2, -0.15) is 0 Å². The van der Waals surface area contributed by atoms with E-state index in [0.717, 1.165) is 56.1 Å². The van der Waals surface area contributed by atoms with E-state index in [1.54, 1.807) is 14.2 Å². The van der Waals surface area contributed by atoms with Crippen LogP contribution in [0.15, 0.2) is 30.3 Å². The Morgan fingerprint density at radius 1 is 1.03 bits per heavy atom. The molecule has 0 radical (unpaired) electrons. The number of benzene rings is 2. The summed E-state index contributed by atoms with van der Waals surface area (Å²) in [4.78, 5) is 15.0. The minimum Gasteiger partial charge on any atom is -0.493 e. The zero-order valence-electron chi connectivity index (χ0n) is 18.0. The van der Waals surface area contributed by atoms with Gasteiger partial charge in [-0.15, -0.1) is 0 Å². The number of nitrogens with one attached hydrogen (secondary N) is 1. The molecular formula is C24H32N2O3. The Hall–Kier alpha value is -2.53. The number of nitrogens with zero attached hydrogens (tertiary/aromatic N) is 1. The number of anilines is 1. The average Bonchev–Trinajstić information content (AvgIpc) is 2.76. The lowest BCUT2D eigenvalue weighted by Crippen LogP contribution is -2.33. The lowest BCUT2D eigenvalue weighted by Gasteiger charge is -2.29. The van der Waals surface area contributed by atoms with Gasteiger partial charge in [-0.05, 0) is 53.6 Å². The third kappa shape index (κ3) is 4.91. The molecule has 3 rings (SSSR count). The molecule has 0 unspecified atom stereocenters. The summed E-state index contributed by atoms with van der Waals surface area (Å²) in [6.45, 7) is 6.77. The van der Waals surface area contributed by atoms with Crippen LogP contribution in [0.4, 0.5) is 5.69 Å². The summed E-state index contributed by atoms with van der Waals surface area (Å²) in [6.07, 6.45) is 3.27. The first-order valence-corrected chi connectivity index (χ1v) is 10.5. The van der Waals surface area contributed by atoms with Crippen molar-refractivity contribution in [3.05, 3.63) is 52.6 Å². The zero-order chi connectivity index (χ0) is 20.8. The van der Waals surface area contributed by atoms with Crippen molar-refractivity contribution in [2.24, 2.45) is 0 Å². The van der Waals surface area contributed by atoms with E-state index in [1.165, 1.54) is 22.3 Å². The predicted octanol–water partition coefficient (Wildman–Crippen LogP) is 4.22. The van der Waals surface area contributed by atoms with Gasteiger partial charge in [-0.25, -0.2) is 0 Å². The Labute approximate surface area is 174 Å². The van der Waals surface area contributed by atoms with Crippen LogP contribution in [0.3, 0.4) is 0 Å². The van der Waals surface area contributed by atoms with Crippen molar-refractivity contribution in [1.82, 2.24) is 4.90 Å². The number of aryl methyl sites for hydroxylation is 2. The largest absolute Gasteiger partial charge is 0.493 e. The number of amides is 1. The van der Waals surface area contributed by atoms with Gasteiger partial charge >= 0.3 is 0 Å². The van der Waals surface area contributed by atoms with Crippen molar-refractivity contribution in [3.63, 3.8) is 0 Å². The van der Waals surface area contributed by atoms with Crippen molar-refractivity contribution in [1.29, 1.82) is 0 Å². The third-order valence-corrected chi connectivity index (χ3v) is 5.72. The molecule has 0 atom stereocenters. The van der Waals surface area contributed by atoms with Crippen LogP contribution < -0.4 is 14.8 Å². The molecule has 1 N–H and O–H groups in total. The van der Waals surface area contributed by atoms with E-state index >= 15 is 0 Å². The molecule has 5 heteroatoms. The first-order chi connectivity index (χ1) is 14.1. The van der Waals surface area contributed by atoms with Crippen molar-refractivity contribution in [3.8, 4) is 11.5 Å². The van der Waals surface area contributed by atoms with Gasteiger partial charge in [0, 0.05) is 31.7 Å². The maximum absolute atomic E-state index is 12.6. The van der Waals surface area contributed by atoms with E-state index in [2.05, 4.69) is 54.4 Å². The molecule has 0 fully saturated rings. The average molecular weight is 397 g/mol. The monoisotopic (exact) mass is 396 g/mol. The summed E-state index contributed by atoms with van der Waals surface area (Å²) >= 11 is 0. The summed E-state index contributed by atoms with van der Waals surface area (Å²) in [5.74, 6) is 1.62. The van der Waals surface area contributed by atoms with Crippen LogP contribution >= 0.6 is 0 Å². The molecule has 0 aliphatic carbocycles. The fourth-order valence-electron chi connectivity index (χ4n) is 4.00. The van der Waals surface area contributed by atoms with Crippen LogP contribution in [0.2, 0.25) is 0 Å². The van der Waals surface area contributed by atoms with Crippen molar-refractivity contribution in [2.75, 3.05) is 32.6 Å². The topological polar surface area (TPSA) is 50.8 Å². The van der Waals surface area contributed by atoms with E-state index in [4.69, 9.17) is 9.47 Å². The van der Waals surface area contributed by atoms with Crippen LogP contribution in [-0.2, 0) is 30.6 Å². The van der Waals surface area contributed by atoms with Gasteiger partial charge in [0.25, 0.3) is 0 Å². The number of hydrogen-bond donors (Lipinski definition) is 1. The predicted molar refractivity (Wildman–Crippen MR) is 117 cm³/mol. The summed E-state index contributed by atoms with van der Waals surface area (Å²) in [5, 5.41) is 3.17. The van der Waals surface area contributed by atoms with E-state index in [1.807, 2.05) is 0 Å². The van der Waals surface area contributed by atoms with Crippen LogP contribution in [0.1, 0.15) is 42.5 Å². The normalized spacial score (nSPS) is 13.7. The zero-order valence-corrected chi connectivity index (χ0v) is 18.0. The molecule has 1 aliphatic heterocycles. The number of rotatable bonds is 8. The molecule has 5 nitrogen and oxygen atoms in total. The minimum atomic E-state index is 0.0821. The van der Waals surface area contributed by atoms with Gasteiger partial charge in [-0.3, -0.25) is 9.69 Å². The highest BCUT2D eigenvalue weighted by Crippen LogP contribution is 2.33. The van der Waals surface area contributed by atoms with Gasteiger partial charge < -0.3 is 14.8 Å². The maximum Gasteiger partial charge on any atom is 0.225 e. The molecule has 29 heavy (non-hydrogen) atoms. The van der Waals surface area contributed by atoms with Gasteiger partial charge in [0.1, 0.15) is 0 Å². The molecule has 1 aliphatic rings. The number of hydrogen-bond acceptors (Lipinski definition) is 4. The summed E-state index contributed by atoms with van der Waals surface area (Å²) in [5.41, 5.74) is 5.95. The van der Waals surface area contributed by atoms with E-state index in [9.17, 15) is 4.79 Å². The van der Waals surface area contributed by atoms with E-state index in [-0.39, 0.29) is 5.91 Å². The smallest absolute Gasteiger partial charge is 0.225 e. The molecule has 2 aromatic rings. The molecule has 2 aromatic carbocycles. The summed E-state index contributed by atoms with van der Waals surface area (Å²) in [7, 11) is 3.33. The first-order valence-electron chi connectivity index (χ1n) is 10.5. The second-order valence-corrected chi connectivity index (χ2v) is 7.46. The van der Waals surface area contributed by atoms with Gasteiger partial charge in [0.05, 0.1) is 14.2 Å². The number of ether oxygens (including phenoxy) is 2. The Bertz CT molecular complexity index is 841. The van der Waals surface area contributed by atoms with Crippen molar-refractivity contribution < 1.29 is 14.3 Å². The minimum absolute atomic E-state index is 0.0821. The van der Waals surface area contributed by atoms with E-state index < -0.39 is 0 Å². The third-order valence-electron chi connectivity index (χ3n) is 5.72. The first kappa shape index (κ1) is 21.2. The lowest BCUT2D eigenvalue weighted by molar-refractivity contribution is -0.116. The molecule has 0 spiro atoms. The maximum atomic E-state index is 12.6. The highest BCUT2D eigenvalue weighted by Gasteiger charge is 2.20. The SMILES string of the molecule is CCc1cccc(CC)c1NC(=O)CCN1CCc2cc(OC)c(OC)cc2C1. The van der Waals surface area contributed by atoms with E-state index in [0.29, 0.717) is 6.42 Å². The molecule has 0 aromatic heterocycles. The summed E-state index contributed by atoms with van der Waals surface area (Å²) < 4.78 is 10.8. The Morgan fingerprint density at radius 3 is 2.24 bits per heavy atom. The number of para-hydroxylation sites is 1. The quantitative estimate of drug-likeness (QED) is 0.726. The van der Waals surface area contributed by atoms with Crippen molar-refractivity contribution >= 4 is 11.6 Å². The molecule has 0 saturated carbocycles. The van der Waals surface area contributed by atoms with Crippen LogP contribution in [0.25, 0.3) is 0 Å². The fraction of sp³-hybridized carbons (Fsp3) is 0.458. The van der Waals surface area contributed by atoms with Gasteiger partial charge in [0.2, 0.25) is 5.91 Å². The van der Waals surface area contributed by atoms with Crippen LogP contribution in [-0.4, -0.2) is 38.1 Å². The second-order valence-electron chi connectivity index (χ2n) is 7.46. The van der Waals surface area contributed by atoms with Crippen molar-refractivity contribution in [2.45, 2.75) is 46.1 Å².